The molecule has 0 saturated carbocycles. The summed E-state index contributed by atoms with van der Waals surface area (Å²) in [5, 5.41) is 31.6. The number of ether oxygens (including phenoxy) is 3. The topological polar surface area (TPSA) is 276 Å². The molecule has 0 radical (unpaired) electrons. The molecule has 3 atom stereocenters. The van der Waals surface area contributed by atoms with Crippen molar-refractivity contribution in [1.29, 1.82) is 0 Å². The molecule has 52 heavy (non-hydrogen) atoms. The first-order valence-electron chi connectivity index (χ1n) is 16.8. The average Bonchev–Trinajstić information content (AvgIpc) is 3.06. The van der Waals surface area contributed by atoms with E-state index < -0.39 is 53.8 Å². The van der Waals surface area contributed by atoms with E-state index in [0.717, 1.165) is 12.2 Å². The Morgan fingerprint density at radius 3 is 1.19 bits per heavy atom. The predicted molar refractivity (Wildman–Crippen MR) is 180 cm³/mol. The molecule has 294 valence electrons. The Balaban J connectivity index is 0.0000260. The number of rotatable bonds is 0. The van der Waals surface area contributed by atoms with E-state index in [4.69, 9.17) is 31.4 Å². The van der Waals surface area contributed by atoms with E-state index in [0.29, 0.717) is 31.9 Å². The number of nitrogens with two attached hydrogens (primary N) is 2. The first-order valence-corrected chi connectivity index (χ1v) is 16.8. The molecule has 18 nitrogen and oxygen atoms in total. The number of amides is 3. The van der Waals surface area contributed by atoms with Crippen LogP contribution in [0.5, 0.6) is 0 Å². The summed E-state index contributed by atoms with van der Waals surface area (Å²) in [6.45, 7) is 4.13. The van der Waals surface area contributed by atoms with Crippen molar-refractivity contribution >= 4 is 35.6 Å². The van der Waals surface area contributed by atoms with Crippen LogP contribution in [0, 0.1) is 0 Å². The molecule has 1 aliphatic rings. The molecule has 8 N–H and O–H groups in total. The molecule has 1 heterocycles. The third-order valence-electron chi connectivity index (χ3n) is 7.62. The van der Waals surface area contributed by atoms with E-state index in [1.54, 1.807) is 20.8 Å². The van der Waals surface area contributed by atoms with Gasteiger partial charge in [0.05, 0.1) is 19.8 Å². The maximum Gasteiger partial charge on any atom is 0.322 e. The van der Waals surface area contributed by atoms with Crippen LogP contribution in [0.2, 0.25) is 0 Å². The van der Waals surface area contributed by atoms with Crippen LogP contribution in [0.25, 0.3) is 5.73 Å². The Labute approximate surface area is 318 Å². The molecule has 3 unspecified atom stereocenters. The molecule has 0 aromatic rings. The summed E-state index contributed by atoms with van der Waals surface area (Å²) in [6, 6.07) is -3.31. The first-order chi connectivity index (χ1) is 24.0. The second kappa shape index (κ2) is 26.3. The van der Waals surface area contributed by atoms with Gasteiger partial charge in [0.15, 0.2) is 0 Å². The van der Waals surface area contributed by atoms with Gasteiger partial charge in [-0.3, -0.25) is 44.4 Å². The van der Waals surface area contributed by atoms with Crippen molar-refractivity contribution in [2.75, 3.05) is 39.5 Å². The van der Waals surface area contributed by atoms with Gasteiger partial charge < -0.3 is 31.4 Å². The molecule has 0 saturated heterocycles. The number of carbonyl (C=O) groups excluding carboxylic acids is 6. The molecule has 1 aliphatic heterocycles. The van der Waals surface area contributed by atoms with Gasteiger partial charge in [0.25, 0.3) is 23.7 Å². The van der Waals surface area contributed by atoms with Crippen LogP contribution in [0.3, 0.4) is 0 Å². The molecule has 0 spiro atoms. The summed E-state index contributed by atoms with van der Waals surface area (Å²) in [6.07, 6.45) is 4.72. The Hall–Kier alpha value is -3.51. The van der Waals surface area contributed by atoms with Crippen molar-refractivity contribution < 1.29 is 79.7 Å². The molecule has 0 aromatic heterocycles. The zero-order valence-electron chi connectivity index (χ0n) is 30.0. The third-order valence-corrected chi connectivity index (χ3v) is 7.62. The number of esters is 3. The molecule has 0 aliphatic carbocycles. The van der Waals surface area contributed by atoms with Crippen molar-refractivity contribution in [3.05, 3.63) is 40.7 Å². The summed E-state index contributed by atoms with van der Waals surface area (Å²) in [4.78, 5) is 73.6. The van der Waals surface area contributed by atoms with Gasteiger partial charge in [0, 0.05) is 78.2 Å². The predicted octanol–water partition coefficient (Wildman–Crippen LogP) is 1.71. The van der Waals surface area contributed by atoms with Gasteiger partial charge in [-0.2, -0.15) is 0 Å². The largest absolute Gasteiger partial charge is 0.665 e. The van der Waals surface area contributed by atoms with Crippen molar-refractivity contribution in [2.24, 2.45) is 11.5 Å². The van der Waals surface area contributed by atoms with Crippen LogP contribution < -0.4 is 11.5 Å². The van der Waals surface area contributed by atoms with Crippen molar-refractivity contribution in [2.45, 2.75) is 96.7 Å². The van der Waals surface area contributed by atoms with Gasteiger partial charge in [-0.25, -0.2) is 15.2 Å². The Kier molecular flexibility index (Phi) is 24.5. The normalized spacial score (nSPS) is 27.1. The van der Waals surface area contributed by atoms with Crippen LogP contribution in [0.1, 0.15) is 78.6 Å². The zero-order chi connectivity index (χ0) is 38.5. The quantitative estimate of drug-likeness (QED) is 0.132. The monoisotopic (exact) mass is 909 g/mol. The van der Waals surface area contributed by atoms with Crippen LogP contribution in [-0.4, -0.2) is 124 Å². The third kappa shape index (κ3) is 20.5. The van der Waals surface area contributed by atoms with E-state index in [9.17, 15) is 44.4 Å². The van der Waals surface area contributed by atoms with Gasteiger partial charge in [0.2, 0.25) is 0 Å². The number of nitrogens with one attached hydrogen (secondary N) is 1. The van der Waals surface area contributed by atoms with Crippen LogP contribution in [-0.2, 0) is 64.0 Å². The first kappa shape index (κ1) is 48.5. The van der Waals surface area contributed by atoms with Gasteiger partial charge in [-0.05, 0) is 58.9 Å². The Bertz CT molecular complexity index is 1140. The van der Waals surface area contributed by atoms with Gasteiger partial charge in [-0.1, -0.05) is 23.1 Å². The van der Waals surface area contributed by atoms with E-state index in [2.05, 4.69) is 0 Å². The molecule has 1 rings (SSSR count). The summed E-state index contributed by atoms with van der Waals surface area (Å²) in [5.74, 6) is -4.40. The van der Waals surface area contributed by atoms with E-state index in [1.807, 2.05) is 0 Å². The Morgan fingerprint density at radius 1 is 0.577 bits per heavy atom. The fourth-order valence-corrected chi connectivity index (χ4v) is 4.38. The van der Waals surface area contributed by atoms with Gasteiger partial charge in [0.1, 0.15) is 12.1 Å². The number of hydrogen-bond acceptors (Lipinski definition) is 14. The smallest absolute Gasteiger partial charge is 0.322 e. The number of cyclic esters (lactones) is 3. The number of carbonyl (C=O) groups is 6. The molecule has 3 amide bonds. The maximum absolute atomic E-state index is 12.3. The SMILES string of the molecule is C/C1=C/C(=O)N(O)CCCC(N)C(=O)OCC/C(C)=C\C(=O)N(O)CCCC(N)C(=O)OCC/C(C)=C\C(=O)N(O)CCCC([NH-])C(=O)OCC1.[W]. The van der Waals surface area contributed by atoms with Crippen molar-refractivity contribution in [1.82, 2.24) is 15.2 Å². The minimum Gasteiger partial charge on any atom is -0.665 e. The van der Waals surface area contributed by atoms with Gasteiger partial charge >= 0.3 is 11.9 Å². The molecular formula is C33H53N6O12W-. The fraction of sp³-hybridized carbons (Fsp3) is 0.636. The standard InChI is InChI=1S/C33H53N6O12.W/c1-22-10-16-49-31(43)25(34)8-5-14-38(47)29(41)20-24(3)12-18-51-33(45)27(36)9-6-15-39(48)30(42)21-23(2)11-17-50-32(44)26(35)7-4-13-37(46)28(40)19-22;/h19-21,25-27,34,46-48H,4-18,35-36H2,1-3H3;/q-1;/b22-19-,23-21-,24-20-;. The minimum absolute atomic E-state index is 0. The average molecular weight is 910 g/mol. The molecule has 0 aromatic carbocycles. The van der Waals surface area contributed by atoms with Crippen molar-refractivity contribution in [3.8, 4) is 0 Å². The van der Waals surface area contributed by atoms with Gasteiger partial charge in [-0.15, -0.1) is 0 Å². The van der Waals surface area contributed by atoms with E-state index in [-0.39, 0.29) is 118 Å². The summed E-state index contributed by atoms with van der Waals surface area (Å²) in [5.41, 5.74) is 21.2. The van der Waals surface area contributed by atoms with E-state index >= 15 is 0 Å². The minimum atomic E-state index is -1.27. The van der Waals surface area contributed by atoms with Crippen LogP contribution in [0.4, 0.5) is 0 Å². The summed E-state index contributed by atoms with van der Waals surface area (Å²) in [7, 11) is 0. The Morgan fingerprint density at radius 2 is 0.865 bits per heavy atom. The summed E-state index contributed by atoms with van der Waals surface area (Å²) < 4.78 is 15.4. The molecule has 0 fully saturated rings. The second-order valence-electron chi connectivity index (χ2n) is 12.3. The number of hydroxylamine groups is 6. The number of nitrogens with zero attached hydrogens (tertiary/aromatic N) is 3. The second-order valence-corrected chi connectivity index (χ2v) is 12.3. The number of hydrogen-bond donors (Lipinski definition) is 5. The fourth-order valence-electron chi connectivity index (χ4n) is 4.38. The van der Waals surface area contributed by atoms with Crippen LogP contribution in [0.15, 0.2) is 34.9 Å². The zero-order valence-corrected chi connectivity index (χ0v) is 32.9. The maximum atomic E-state index is 12.3. The molecular weight excluding hydrogens is 856 g/mol. The van der Waals surface area contributed by atoms with E-state index in [1.165, 1.54) is 6.08 Å². The summed E-state index contributed by atoms with van der Waals surface area (Å²) >= 11 is 0. The molecule has 0 bridgehead atoms. The van der Waals surface area contributed by atoms with Crippen LogP contribution >= 0.6 is 0 Å². The molecule has 19 heteroatoms. The van der Waals surface area contributed by atoms with Crippen molar-refractivity contribution in [3.63, 3.8) is 0 Å².